The van der Waals surface area contributed by atoms with Crippen molar-refractivity contribution in [2.45, 2.75) is 58.2 Å². The molecule has 7 nitrogen and oxygen atoms in total. The Morgan fingerprint density at radius 3 is 2.61 bits per heavy atom. The highest BCUT2D eigenvalue weighted by Crippen LogP contribution is 2.36. The van der Waals surface area contributed by atoms with Crippen LogP contribution in [-0.4, -0.2) is 46.4 Å². The minimum Gasteiger partial charge on any atom is -0.456 e. The van der Waals surface area contributed by atoms with Gasteiger partial charge in [0.05, 0.1) is 6.04 Å². The zero-order chi connectivity index (χ0) is 23.5. The third-order valence-corrected chi connectivity index (χ3v) is 6.38. The second kappa shape index (κ2) is 9.75. The van der Waals surface area contributed by atoms with Gasteiger partial charge < -0.3 is 20.4 Å². The highest BCUT2D eigenvalue weighted by atomic mass is 16.3. The first-order valence-electron chi connectivity index (χ1n) is 11.6. The molecule has 0 spiro atoms. The molecular formula is C26H32N4O3. The van der Waals surface area contributed by atoms with E-state index in [1.54, 1.807) is 19.3 Å². The summed E-state index contributed by atoms with van der Waals surface area (Å²) in [6.45, 7) is 6.20. The van der Waals surface area contributed by atoms with Gasteiger partial charge in [-0.05, 0) is 50.3 Å². The van der Waals surface area contributed by atoms with Crippen molar-refractivity contribution in [2.75, 3.05) is 6.54 Å². The van der Waals surface area contributed by atoms with Crippen molar-refractivity contribution in [3.05, 3.63) is 54.4 Å². The maximum absolute atomic E-state index is 13.5. The van der Waals surface area contributed by atoms with E-state index >= 15 is 0 Å². The zero-order valence-corrected chi connectivity index (χ0v) is 19.5. The van der Waals surface area contributed by atoms with Crippen LogP contribution in [0.4, 0.5) is 0 Å². The van der Waals surface area contributed by atoms with Gasteiger partial charge in [0, 0.05) is 41.5 Å². The fourth-order valence-corrected chi connectivity index (χ4v) is 4.59. The van der Waals surface area contributed by atoms with Crippen LogP contribution in [0, 0.1) is 5.92 Å². The smallest absolute Gasteiger partial charge is 0.245 e. The highest BCUT2D eigenvalue weighted by molar-refractivity contribution is 5.91. The van der Waals surface area contributed by atoms with Gasteiger partial charge in [-0.15, -0.1) is 0 Å². The Morgan fingerprint density at radius 1 is 1.18 bits per heavy atom. The van der Waals surface area contributed by atoms with Crippen molar-refractivity contribution in [3.63, 3.8) is 0 Å². The molecule has 7 heteroatoms. The number of carbonyl (C=O) groups is 2. The van der Waals surface area contributed by atoms with Crippen molar-refractivity contribution < 1.29 is 14.0 Å². The van der Waals surface area contributed by atoms with Gasteiger partial charge in [0.2, 0.25) is 11.8 Å². The number of furan rings is 1. The predicted molar refractivity (Wildman–Crippen MR) is 128 cm³/mol. The number of para-hydroxylation sites is 1. The minimum atomic E-state index is -0.659. The topological polar surface area (TPSA) is 101 Å². The van der Waals surface area contributed by atoms with E-state index in [2.05, 4.69) is 16.4 Å². The van der Waals surface area contributed by atoms with Gasteiger partial charge in [-0.3, -0.25) is 14.6 Å². The molecule has 1 saturated heterocycles. The molecule has 1 fully saturated rings. The van der Waals surface area contributed by atoms with E-state index in [0.29, 0.717) is 13.0 Å². The molecule has 2 amide bonds. The fraction of sp³-hybridized carbons (Fsp3) is 0.423. The Morgan fingerprint density at radius 2 is 1.91 bits per heavy atom. The second-order valence-electron chi connectivity index (χ2n) is 9.19. The molecule has 3 aromatic rings. The van der Waals surface area contributed by atoms with E-state index in [9.17, 15) is 9.59 Å². The standard InChI is InChI=1S/C26H32N4O3/c1-16(2)23(29-25(31)17(3)27)26(32)30-14-6-7-19(30)15-21-20-8-4-5-9-22(20)33-24(21)18-10-12-28-13-11-18/h4-5,8-13,16-17,19,23H,6-7,14-15,27H2,1-3H3,(H,29,31)/t17-,19?,23-/m0/s1. The number of nitrogens with zero attached hydrogens (tertiary/aromatic N) is 2. The van der Waals surface area contributed by atoms with Gasteiger partial charge in [0.25, 0.3) is 0 Å². The van der Waals surface area contributed by atoms with E-state index in [4.69, 9.17) is 10.2 Å². The van der Waals surface area contributed by atoms with Gasteiger partial charge in [-0.2, -0.15) is 0 Å². The first-order chi connectivity index (χ1) is 15.9. The molecule has 0 aliphatic carbocycles. The summed E-state index contributed by atoms with van der Waals surface area (Å²) in [5.74, 6) is 0.436. The molecule has 33 heavy (non-hydrogen) atoms. The Bertz CT molecular complexity index is 1120. The molecule has 174 valence electrons. The second-order valence-corrected chi connectivity index (χ2v) is 9.19. The van der Waals surface area contributed by atoms with Crippen molar-refractivity contribution in [2.24, 2.45) is 11.7 Å². The molecule has 1 aromatic carbocycles. The molecule has 1 aliphatic rings. The van der Waals surface area contributed by atoms with Gasteiger partial charge in [-0.1, -0.05) is 32.0 Å². The van der Waals surface area contributed by atoms with E-state index in [1.807, 2.05) is 49.1 Å². The fourth-order valence-electron chi connectivity index (χ4n) is 4.59. The van der Waals surface area contributed by atoms with E-state index in [-0.39, 0.29) is 23.8 Å². The van der Waals surface area contributed by atoms with Crippen LogP contribution in [0.1, 0.15) is 39.2 Å². The summed E-state index contributed by atoms with van der Waals surface area (Å²) in [6, 6.07) is 10.7. The van der Waals surface area contributed by atoms with E-state index in [1.165, 1.54) is 0 Å². The lowest BCUT2D eigenvalue weighted by Gasteiger charge is -2.31. The van der Waals surface area contributed by atoms with Gasteiger partial charge in [0.15, 0.2) is 0 Å². The Kier molecular flexibility index (Phi) is 6.79. The normalized spacial score (nSPS) is 18.0. The number of amides is 2. The van der Waals surface area contributed by atoms with E-state index < -0.39 is 12.1 Å². The van der Waals surface area contributed by atoms with Crippen LogP contribution in [0.2, 0.25) is 0 Å². The number of nitrogens with two attached hydrogens (primary N) is 1. The summed E-state index contributed by atoms with van der Waals surface area (Å²) in [5.41, 5.74) is 8.63. The molecule has 0 saturated carbocycles. The highest BCUT2D eigenvalue weighted by Gasteiger charge is 2.36. The third kappa shape index (κ3) is 4.78. The molecule has 2 aromatic heterocycles. The molecule has 0 radical (unpaired) electrons. The molecule has 1 aliphatic heterocycles. The quantitative estimate of drug-likeness (QED) is 0.576. The number of likely N-dealkylation sites (tertiary alicyclic amines) is 1. The molecule has 1 unspecified atom stereocenters. The van der Waals surface area contributed by atoms with Crippen LogP contribution >= 0.6 is 0 Å². The van der Waals surface area contributed by atoms with Crippen molar-refractivity contribution in [1.82, 2.24) is 15.2 Å². The average Bonchev–Trinajstić information content (AvgIpc) is 3.42. The minimum absolute atomic E-state index is 0.0348. The van der Waals surface area contributed by atoms with Gasteiger partial charge >= 0.3 is 0 Å². The number of rotatable bonds is 7. The van der Waals surface area contributed by atoms with Gasteiger partial charge in [-0.25, -0.2) is 0 Å². The SMILES string of the molecule is CC(C)[C@H](NC(=O)[C@H](C)N)C(=O)N1CCCC1Cc1c(-c2ccncc2)oc2ccccc12. The lowest BCUT2D eigenvalue weighted by atomic mass is 9.97. The Labute approximate surface area is 194 Å². The lowest BCUT2D eigenvalue weighted by molar-refractivity contribution is -0.138. The largest absolute Gasteiger partial charge is 0.456 e. The zero-order valence-electron chi connectivity index (χ0n) is 19.5. The molecule has 0 bridgehead atoms. The number of nitrogens with one attached hydrogen (secondary N) is 1. The molecule has 3 heterocycles. The van der Waals surface area contributed by atoms with Crippen LogP contribution in [-0.2, 0) is 16.0 Å². The number of benzene rings is 1. The first-order valence-corrected chi connectivity index (χ1v) is 11.6. The Hall–Kier alpha value is -3.19. The summed E-state index contributed by atoms with van der Waals surface area (Å²) in [7, 11) is 0. The summed E-state index contributed by atoms with van der Waals surface area (Å²) in [6.07, 6.45) is 6.04. The summed E-state index contributed by atoms with van der Waals surface area (Å²) < 4.78 is 6.25. The van der Waals surface area contributed by atoms with Crippen LogP contribution in [0.3, 0.4) is 0 Å². The number of hydrogen-bond donors (Lipinski definition) is 2. The number of hydrogen-bond acceptors (Lipinski definition) is 5. The van der Waals surface area contributed by atoms with Gasteiger partial charge in [0.1, 0.15) is 17.4 Å². The Balaban J connectivity index is 1.64. The van der Waals surface area contributed by atoms with Crippen LogP contribution < -0.4 is 11.1 Å². The van der Waals surface area contributed by atoms with Crippen LogP contribution in [0.15, 0.2) is 53.2 Å². The average molecular weight is 449 g/mol. The molecule has 3 atom stereocenters. The molecule has 3 N–H and O–H groups in total. The lowest BCUT2D eigenvalue weighted by Crippen LogP contribution is -2.55. The third-order valence-electron chi connectivity index (χ3n) is 6.38. The maximum atomic E-state index is 13.5. The molecular weight excluding hydrogens is 416 g/mol. The van der Waals surface area contributed by atoms with Crippen molar-refractivity contribution in [3.8, 4) is 11.3 Å². The first kappa shape index (κ1) is 23.0. The maximum Gasteiger partial charge on any atom is 0.245 e. The van der Waals surface area contributed by atoms with Crippen LogP contribution in [0.5, 0.6) is 0 Å². The van der Waals surface area contributed by atoms with E-state index in [0.717, 1.165) is 40.7 Å². The monoisotopic (exact) mass is 448 g/mol. The van der Waals surface area contributed by atoms with Crippen molar-refractivity contribution >= 4 is 22.8 Å². The summed E-state index contributed by atoms with van der Waals surface area (Å²) in [4.78, 5) is 31.8. The number of fused-ring (bicyclic) bond motifs is 1. The summed E-state index contributed by atoms with van der Waals surface area (Å²) in [5, 5.41) is 3.92. The van der Waals surface area contributed by atoms with Crippen LogP contribution in [0.25, 0.3) is 22.3 Å². The number of carbonyl (C=O) groups excluding carboxylic acids is 2. The predicted octanol–water partition coefficient (Wildman–Crippen LogP) is 3.52. The molecule has 4 rings (SSSR count). The summed E-state index contributed by atoms with van der Waals surface area (Å²) >= 11 is 0. The van der Waals surface area contributed by atoms with Crippen molar-refractivity contribution in [1.29, 1.82) is 0 Å². The number of aromatic nitrogens is 1. The number of pyridine rings is 1.